The number of allylic oxidation sites excluding steroid dienone is 1. The molecule has 25 heavy (non-hydrogen) atoms. The van der Waals surface area contributed by atoms with E-state index in [1.165, 1.54) is 6.08 Å². The van der Waals surface area contributed by atoms with Crippen LogP contribution in [-0.4, -0.2) is 45.1 Å². The minimum atomic E-state index is -0.929. The Balaban J connectivity index is 0.00000156. The monoisotopic (exact) mass is 408 g/mol. The number of hydrogen-bond acceptors (Lipinski definition) is 6. The second-order valence-electron chi connectivity index (χ2n) is 6.53. The molecule has 0 aliphatic carbocycles. The fourth-order valence-electron chi connectivity index (χ4n) is 3.26. The first kappa shape index (κ1) is 22.2. The minimum Gasteiger partial charge on any atom is -0.488 e. The van der Waals surface area contributed by atoms with Gasteiger partial charge in [0.1, 0.15) is 17.5 Å². The first-order chi connectivity index (χ1) is 10.8. The topological polar surface area (TPSA) is 92.9 Å². The average molecular weight is 409 g/mol. The van der Waals surface area contributed by atoms with Gasteiger partial charge in [0, 0.05) is 25.5 Å². The van der Waals surface area contributed by atoms with Crippen LogP contribution in [0.5, 0.6) is 0 Å². The lowest BCUT2D eigenvalue weighted by Crippen LogP contribution is -2.59. The molecule has 0 saturated carbocycles. The van der Waals surface area contributed by atoms with Crippen molar-refractivity contribution in [3.05, 3.63) is 31.9 Å². The number of rotatable bonds is 2. The Kier molecular flexibility index (Phi) is 7.31. The highest BCUT2D eigenvalue weighted by Crippen LogP contribution is 2.46. The summed E-state index contributed by atoms with van der Waals surface area (Å²) < 4.78 is 5.88. The van der Waals surface area contributed by atoms with Gasteiger partial charge in [0.2, 0.25) is 5.91 Å². The Bertz CT molecular complexity index is 620. The van der Waals surface area contributed by atoms with Crippen molar-refractivity contribution in [3.63, 3.8) is 0 Å². The number of ether oxygens (including phenoxy) is 1. The summed E-state index contributed by atoms with van der Waals surface area (Å²) in [4.78, 5) is 25.3. The van der Waals surface area contributed by atoms with Gasteiger partial charge in [-0.3, -0.25) is 14.9 Å². The number of aliphatic hydroxyl groups excluding tert-OH is 1. The molecule has 1 unspecified atom stereocenters. The quantitative estimate of drug-likeness (QED) is 0.556. The van der Waals surface area contributed by atoms with Gasteiger partial charge < -0.3 is 14.7 Å². The van der Waals surface area contributed by atoms with E-state index in [4.69, 9.17) is 4.74 Å². The van der Waals surface area contributed by atoms with Crippen LogP contribution in [0.15, 0.2) is 21.8 Å². The lowest BCUT2D eigenvalue weighted by Gasteiger charge is -2.48. The molecule has 10 heteroatoms. The average Bonchev–Trinajstić information content (AvgIpc) is 2.49. The maximum atomic E-state index is 12.3. The predicted octanol–water partition coefficient (Wildman–Crippen LogP) is 2.23. The molecule has 0 radical (unpaired) electrons. The van der Waals surface area contributed by atoms with E-state index in [0.29, 0.717) is 30.1 Å². The van der Waals surface area contributed by atoms with E-state index in [9.17, 15) is 20.0 Å². The van der Waals surface area contributed by atoms with Crippen molar-refractivity contribution in [2.45, 2.75) is 57.3 Å². The fourth-order valence-corrected chi connectivity index (χ4v) is 4.34. The normalized spacial score (nSPS) is 28.0. The number of amides is 1. The van der Waals surface area contributed by atoms with Crippen LogP contribution in [0, 0.1) is 10.1 Å². The van der Waals surface area contributed by atoms with Crippen molar-refractivity contribution in [3.8, 4) is 0 Å². The number of carbonyl (C=O) groups is 1. The molecule has 7 nitrogen and oxygen atoms in total. The molecule has 0 aromatic rings. The fraction of sp³-hybridized carbons (Fsp3) is 0.667. The van der Waals surface area contributed by atoms with Gasteiger partial charge in [-0.1, -0.05) is 0 Å². The van der Waals surface area contributed by atoms with Crippen LogP contribution in [0.4, 0.5) is 0 Å². The summed E-state index contributed by atoms with van der Waals surface area (Å²) in [7, 11) is 0. The summed E-state index contributed by atoms with van der Waals surface area (Å²) in [6, 6.07) is -0.574. The van der Waals surface area contributed by atoms with Gasteiger partial charge in [0.25, 0.3) is 0 Å². The molecule has 3 rings (SSSR count). The summed E-state index contributed by atoms with van der Waals surface area (Å²) in [5.74, 6) is 0.613. The van der Waals surface area contributed by atoms with Gasteiger partial charge in [-0.05, 0) is 38.5 Å². The standard InChI is InChI=1S/C15H20N2O5S.2H2S/c1-15(2)14(19)12(16-8-4-3-5-10(16)18)13-9(22-15)6-7-11(23-13)17(20)21;;/h7,12,14,19H,3-6,8H2,1-2H3;2*1H2/t12?,14-;;/m0../s1. The molecule has 0 bridgehead atoms. The second kappa shape index (κ2) is 8.24. The van der Waals surface area contributed by atoms with Crippen LogP contribution in [-0.2, 0) is 9.53 Å². The van der Waals surface area contributed by atoms with E-state index in [1.54, 1.807) is 18.7 Å². The molecule has 1 saturated heterocycles. The van der Waals surface area contributed by atoms with Crippen LogP contribution >= 0.6 is 38.8 Å². The van der Waals surface area contributed by atoms with Gasteiger partial charge in [0.15, 0.2) is 0 Å². The summed E-state index contributed by atoms with van der Waals surface area (Å²) in [6.45, 7) is 4.12. The number of thioether (sulfide) groups is 1. The zero-order valence-electron chi connectivity index (χ0n) is 14.2. The van der Waals surface area contributed by atoms with Crippen molar-refractivity contribution in [1.82, 2.24) is 4.90 Å². The molecule has 1 fully saturated rings. The van der Waals surface area contributed by atoms with Gasteiger partial charge in [-0.2, -0.15) is 27.0 Å². The smallest absolute Gasteiger partial charge is 0.304 e. The van der Waals surface area contributed by atoms with Crippen molar-refractivity contribution in [2.24, 2.45) is 0 Å². The van der Waals surface area contributed by atoms with Crippen LogP contribution < -0.4 is 0 Å². The van der Waals surface area contributed by atoms with Crippen molar-refractivity contribution in [1.29, 1.82) is 0 Å². The van der Waals surface area contributed by atoms with Crippen LogP contribution in [0.2, 0.25) is 0 Å². The maximum absolute atomic E-state index is 12.3. The molecule has 3 heterocycles. The van der Waals surface area contributed by atoms with Gasteiger partial charge in [-0.15, -0.1) is 0 Å². The molecule has 142 valence electrons. The Labute approximate surface area is 164 Å². The first-order valence-electron chi connectivity index (χ1n) is 7.73. The Morgan fingerprint density at radius 2 is 2.08 bits per heavy atom. The number of aliphatic hydroxyl groups is 1. The Morgan fingerprint density at radius 1 is 1.40 bits per heavy atom. The molecular formula is C15H24N2O5S3. The Hall–Kier alpha value is -0.840. The lowest BCUT2D eigenvalue weighted by atomic mass is 9.88. The van der Waals surface area contributed by atoms with E-state index < -0.39 is 22.7 Å². The molecule has 0 aromatic heterocycles. The SMILES string of the molecule is CC1(C)OC2=C(SC([N+](=O)[O-])=CC2)C(N2CCCCC2=O)[C@@H]1O.S.S. The summed E-state index contributed by atoms with van der Waals surface area (Å²) in [5.41, 5.74) is -0.845. The lowest BCUT2D eigenvalue weighted by molar-refractivity contribution is -0.410. The molecule has 0 spiro atoms. The largest absolute Gasteiger partial charge is 0.488 e. The van der Waals surface area contributed by atoms with Crippen molar-refractivity contribution < 1.29 is 19.6 Å². The summed E-state index contributed by atoms with van der Waals surface area (Å²) in [6.07, 6.45) is 3.08. The number of nitrogens with zero attached hydrogens (tertiary/aromatic N) is 2. The number of nitro groups is 1. The second-order valence-corrected chi connectivity index (χ2v) is 7.59. The first-order valence-corrected chi connectivity index (χ1v) is 8.55. The van der Waals surface area contributed by atoms with Crippen molar-refractivity contribution in [2.75, 3.05) is 6.54 Å². The molecule has 0 aromatic carbocycles. The van der Waals surface area contributed by atoms with E-state index in [-0.39, 0.29) is 37.9 Å². The third-order valence-electron chi connectivity index (χ3n) is 4.49. The van der Waals surface area contributed by atoms with E-state index >= 15 is 0 Å². The van der Waals surface area contributed by atoms with E-state index in [0.717, 1.165) is 24.6 Å². The maximum Gasteiger partial charge on any atom is 0.304 e. The third-order valence-corrected chi connectivity index (χ3v) is 5.71. The molecule has 2 atom stereocenters. The summed E-state index contributed by atoms with van der Waals surface area (Å²) >= 11 is 0.995. The highest BCUT2D eigenvalue weighted by atomic mass is 32.2. The molecular weight excluding hydrogens is 384 g/mol. The molecule has 1 amide bonds. The number of hydrogen-bond donors (Lipinski definition) is 1. The zero-order valence-corrected chi connectivity index (χ0v) is 17.0. The molecule has 3 aliphatic heterocycles. The summed E-state index contributed by atoms with van der Waals surface area (Å²) in [5, 5.41) is 21.9. The van der Waals surface area contributed by atoms with Crippen molar-refractivity contribution >= 4 is 44.7 Å². The van der Waals surface area contributed by atoms with Crippen LogP contribution in [0.25, 0.3) is 0 Å². The molecule has 1 N–H and O–H groups in total. The highest BCUT2D eigenvalue weighted by molar-refractivity contribution is 8.06. The van der Waals surface area contributed by atoms with Crippen LogP contribution in [0.3, 0.4) is 0 Å². The van der Waals surface area contributed by atoms with Gasteiger partial charge in [0.05, 0.1) is 15.9 Å². The third kappa shape index (κ3) is 4.12. The predicted molar refractivity (Wildman–Crippen MR) is 106 cm³/mol. The van der Waals surface area contributed by atoms with Crippen LogP contribution in [0.1, 0.15) is 39.5 Å². The molecule has 3 aliphatic rings. The zero-order chi connectivity index (χ0) is 16.8. The number of carbonyl (C=O) groups excluding carboxylic acids is 1. The van der Waals surface area contributed by atoms with E-state index in [2.05, 4.69) is 0 Å². The van der Waals surface area contributed by atoms with E-state index in [1.807, 2.05) is 0 Å². The van der Waals surface area contributed by atoms with Gasteiger partial charge in [-0.25, -0.2) is 0 Å². The highest BCUT2D eigenvalue weighted by Gasteiger charge is 2.50. The minimum absolute atomic E-state index is 0. The number of likely N-dealkylation sites (tertiary alicyclic amines) is 1. The number of piperidine rings is 1. The van der Waals surface area contributed by atoms with Gasteiger partial charge >= 0.3 is 5.03 Å². The Morgan fingerprint density at radius 3 is 2.68 bits per heavy atom.